The number of hydrogen-bond acceptors (Lipinski definition) is 5. The Hall–Kier alpha value is -3.72. The van der Waals surface area contributed by atoms with Gasteiger partial charge in [0.05, 0.1) is 29.7 Å². The minimum atomic E-state index is -0.231. The van der Waals surface area contributed by atoms with Gasteiger partial charge in [0, 0.05) is 5.56 Å². The number of nitriles is 1. The van der Waals surface area contributed by atoms with Crippen LogP contribution in [0.3, 0.4) is 0 Å². The molecule has 1 saturated heterocycles. The number of carbonyl (C=O) groups excluding carboxylic acids is 2. The monoisotopic (exact) mass is 423 g/mol. The van der Waals surface area contributed by atoms with Gasteiger partial charge in [-0.15, -0.1) is 0 Å². The van der Waals surface area contributed by atoms with Gasteiger partial charge in [0.15, 0.2) is 0 Å². The number of benzene rings is 2. The molecule has 2 aromatic rings. The number of carbonyl (C=O) groups is 2. The van der Waals surface area contributed by atoms with E-state index in [2.05, 4.69) is 23.3 Å². The number of ether oxygens (including phenoxy) is 1. The van der Waals surface area contributed by atoms with E-state index >= 15 is 0 Å². The Bertz CT molecular complexity index is 1170. The summed E-state index contributed by atoms with van der Waals surface area (Å²) in [6.45, 7) is 0.301. The van der Waals surface area contributed by atoms with E-state index in [0.717, 1.165) is 22.6 Å². The van der Waals surface area contributed by atoms with Crippen LogP contribution in [0.5, 0.6) is 5.75 Å². The van der Waals surface area contributed by atoms with Crippen LogP contribution in [0.25, 0.3) is 0 Å². The second-order valence-corrected chi connectivity index (χ2v) is 9.01. The Morgan fingerprint density at radius 2 is 1.66 bits per heavy atom. The summed E-state index contributed by atoms with van der Waals surface area (Å²) >= 11 is 0. The number of nitrogens with zero attached hydrogens (tertiary/aromatic N) is 3. The first-order valence-corrected chi connectivity index (χ1v) is 11.0. The molecule has 6 unspecified atom stereocenters. The molecule has 4 aliphatic carbocycles. The fourth-order valence-electron chi connectivity index (χ4n) is 5.75. The normalized spacial score (nSPS) is 31.5. The highest BCUT2D eigenvalue weighted by Crippen LogP contribution is 2.65. The molecule has 1 heterocycles. The average molecular weight is 423 g/mol. The van der Waals surface area contributed by atoms with Crippen molar-refractivity contribution in [1.82, 2.24) is 5.01 Å². The molecular weight excluding hydrogens is 402 g/mol. The number of hydrogen-bond donors (Lipinski definition) is 0. The molecule has 3 fully saturated rings. The third-order valence-corrected chi connectivity index (χ3v) is 7.37. The molecular formula is C26H21N3O3. The molecule has 2 bridgehead atoms. The summed E-state index contributed by atoms with van der Waals surface area (Å²) in [5, 5.41) is 14.5. The van der Waals surface area contributed by atoms with E-state index in [9.17, 15) is 14.9 Å². The van der Waals surface area contributed by atoms with Crippen LogP contribution in [0, 0.1) is 46.8 Å². The number of amides is 2. The Kier molecular flexibility index (Phi) is 4.25. The van der Waals surface area contributed by atoms with Crippen LogP contribution in [-0.4, -0.2) is 23.0 Å². The first-order chi connectivity index (χ1) is 15.7. The van der Waals surface area contributed by atoms with Gasteiger partial charge in [-0.2, -0.15) is 15.4 Å². The standard InChI is InChI=1S/C26H21N3O3/c27-12-16-3-1-2-4-17(16)14-32-18-7-5-15(6-8-18)13-28-29-25(30)23-19-9-10-20(22-11-21(19)22)24(23)26(29)31/h1-10,13,19-24H,11,14H2/b28-13+. The van der Waals surface area contributed by atoms with E-state index in [1.807, 2.05) is 30.3 Å². The van der Waals surface area contributed by atoms with Crippen LogP contribution in [0.1, 0.15) is 23.1 Å². The molecule has 2 amide bonds. The van der Waals surface area contributed by atoms with Crippen molar-refractivity contribution in [2.75, 3.05) is 0 Å². The minimum absolute atomic E-state index is 0.155. The molecule has 1 aliphatic heterocycles. The van der Waals surface area contributed by atoms with E-state index in [1.54, 1.807) is 24.4 Å². The lowest BCUT2D eigenvalue weighted by Gasteiger charge is -2.37. The fraction of sp³-hybridized carbons (Fsp3) is 0.308. The second kappa shape index (κ2) is 7.16. The molecule has 0 aromatic heterocycles. The van der Waals surface area contributed by atoms with Gasteiger partial charge in [-0.3, -0.25) is 9.59 Å². The van der Waals surface area contributed by atoms with Crippen molar-refractivity contribution >= 4 is 18.0 Å². The van der Waals surface area contributed by atoms with Crippen molar-refractivity contribution in [3.63, 3.8) is 0 Å². The predicted octanol–water partition coefficient (Wildman–Crippen LogP) is 3.52. The lowest BCUT2D eigenvalue weighted by Crippen LogP contribution is -2.40. The zero-order valence-corrected chi connectivity index (χ0v) is 17.3. The van der Waals surface area contributed by atoms with Crippen LogP contribution in [0.4, 0.5) is 0 Å². The molecule has 0 radical (unpaired) electrons. The largest absolute Gasteiger partial charge is 0.489 e. The molecule has 0 N–H and O–H groups in total. The van der Waals surface area contributed by atoms with Gasteiger partial charge < -0.3 is 4.74 Å². The van der Waals surface area contributed by atoms with Gasteiger partial charge in [0.1, 0.15) is 12.4 Å². The molecule has 2 aromatic carbocycles. The number of imide groups is 1. The molecule has 2 saturated carbocycles. The van der Waals surface area contributed by atoms with Crippen molar-refractivity contribution in [3.05, 3.63) is 77.4 Å². The summed E-state index contributed by atoms with van der Waals surface area (Å²) in [6.07, 6.45) is 7.02. The SMILES string of the molecule is N#Cc1ccccc1COc1ccc(/C=N/N2C(=O)C3C4C=CC(C5CC45)C3C2=O)cc1. The maximum absolute atomic E-state index is 13.0. The van der Waals surface area contributed by atoms with Crippen LogP contribution < -0.4 is 4.74 Å². The zero-order chi connectivity index (χ0) is 21.8. The Morgan fingerprint density at radius 1 is 1.00 bits per heavy atom. The number of rotatable bonds is 5. The first-order valence-electron chi connectivity index (χ1n) is 11.0. The predicted molar refractivity (Wildman–Crippen MR) is 116 cm³/mol. The maximum Gasteiger partial charge on any atom is 0.254 e. The number of allylic oxidation sites excluding steroid dienone is 2. The molecule has 6 atom stereocenters. The molecule has 32 heavy (non-hydrogen) atoms. The van der Waals surface area contributed by atoms with Gasteiger partial charge in [-0.1, -0.05) is 30.4 Å². The highest BCUT2D eigenvalue weighted by Gasteiger charge is 2.67. The van der Waals surface area contributed by atoms with Crippen molar-refractivity contribution < 1.29 is 14.3 Å². The zero-order valence-electron chi connectivity index (χ0n) is 17.3. The van der Waals surface area contributed by atoms with Crippen LogP contribution in [0.15, 0.2) is 65.8 Å². The van der Waals surface area contributed by atoms with Gasteiger partial charge in [-0.25, -0.2) is 0 Å². The highest BCUT2D eigenvalue weighted by atomic mass is 16.5. The third kappa shape index (κ3) is 2.89. The average Bonchev–Trinajstić information content (AvgIpc) is 3.61. The Balaban J connectivity index is 1.13. The fourth-order valence-corrected chi connectivity index (χ4v) is 5.75. The van der Waals surface area contributed by atoms with Gasteiger partial charge in [0.2, 0.25) is 0 Å². The van der Waals surface area contributed by atoms with Crippen molar-refractivity contribution in [2.45, 2.75) is 13.0 Å². The second-order valence-electron chi connectivity index (χ2n) is 9.01. The lowest BCUT2D eigenvalue weighted by molar-refractivity contribution is -0.140. The van der Waals surface area contributed by atoms with E-state index in [1.165, 1.54) is 0 Å². The molecule has 0 spiro atoms. The quantitative estimate of drug-likeness (QED) is 0.419. The summed E-state index contributed by atoms with van der Waals surface area (Å²) < 4.78 is 5.79. The smallest absolute Gasteiger partial charge is 0.254 e. The van der Waals surface area contributed by atoms with E-state index in [-0.39, 0.29) is 35.5 Å². The number of hydrazone groups is 1. The highest BCUT2D eigenvalue weighted by molar-refractivity contribution is 6.06. The lowest BCUT2D eigenvalue weighted by atomic mass is 9.63. The minimum Gasteiger partial charge on any atom is -0.489 e. The van der Waals surface area contributed by atoms with Gasteiger partial charge >= 0.3 is 0 Å². The summed E-state index contributed by atoms with van der Waals surface area (Å²) in [6, 6.07) is 16.8. The summed E-state index contributed by atoms with van der Waals surface area (Å²) in [4.78, 5) is 25.9. The first kappa shape index (κ1) is 19.0. The topological polar surface area (TPSA) is 82.8 Å². The summed E-state index contributed by atoms with van der Waals surface area (Å²) in [5.74, 6) is 1.46. The molecule has 5 aliphatic rings. The Morgan fingerprint density at radius 3 is 2.31 bits per heavy atom. The van der Waals surface area contributed by atoms with Gasteiger partial charge in [-0.05, 0) is 66.0 Å². The van der Waals surface area contributed by atoms with Gasteiger partial charge in [0.25, 0.3) is 11.8 Å². The maximum atomic E-state index is 13.0. The van der Waals surface area contributed by atoms with Crippen LogP contribution in [-0.2, 0) is 16.2 Å². The molecule has 6 nitrogen and oxygen atoms in total. The molecule has 6 heteroatoms. The summed E-state index contributed by atoms with van der Waals surface area (Å²) in [5.41, 5.74) is 2.20. The molecule has 7 rings (SSSR count). The van der Waals surface area contributed by atoms with Crippen LogP contribution >= 0.6 is 0 Å². The van der Waals surface area contributed by atoms with Crippen molar-refractivity contribution in [1.29, 1.82) is 5.26 Å². The van der Waals surface area contributed by atoms with Crippen molar-refractivity contribution in [3.8, 4) is 11.8 Å². The Labute approximate surface area is 185 Å². The molecule has 158 valence electrons. The van der Waals surface area contributed by atoms with E-state index < -0.39 is 0 Å². The van der Waals surface area contributed by atoms with Crippen molar-refractivity contribution in [2.24, 2.45) is 40.6 Å². The van der Waals surface area contributed by atoms with Crippen LogP contribution in [0.2, 0.25) is 0 Å². The van der Waals surface area contributed by atoms with E-state index in [4.69, 9.17) is 4.74 Å². The third-order valence-electron chi connectivity index (χ3n) is 7.37. The van der Waals surface area contributed by atoms with E-state index in [0.29, 0.717) is 29.8 Å². The summed E-state index contributed by atoms with van der Waals surface area (Å²) in [7, 11) is 0.